The first-order chi connectivity index (χ1) is 7.35. The summed E-state index contributed by atoms with van der Waals surface area (Å²) in [4.78, 5) is 0. The zero-order chi connectivity index (χ0) is 10.7. The normalized spacial score (nSPS) is 38.4. The first-order valence-electron chi connectivity index (χ1n) is 6.60. The van der Waals surface area contributed by atoms with E-state index in [4.69, 9.17) is 4.74 Å². The van der Waals surface area contributed by atoms with Crippen LogP contribution in [0.4, 0.5) is 0 Å². The van der Waals surface area contributed by atoms with Gasteiger partial charge in [-0.25, -0.2) is 0 Å². The summed E-state index contributed by atoms with van der Waals surface area (Å²) >= 11 is 0. The van der Waals surface area contributed by atoms with Gasteiger partial charge in [0.1, 0.15) is 0 Å². The SMILES string of the molecule is CCC1CCC(C(NC)C2CCOC2)C1. The second-order valence-corrected chi connectivity index (χ2v) is 5.29. The van der Waals surface area contributed by atoms with Crippen LogP contribution in [0.15, 0.2) is 0 Å². The maximum absolute atomic E-state index is 5.51. The van der Waals surface area contributed by atoms with Crippen LogP contribution in [0, 0.1) is 17.8 Å². The van der Waals surface area contributed by atoms with E-state index in [1.165, 1.54) is 32.1 Å². The maximum Gasteiger partial charge on any atom is 0.0510 e. The lowest BCUT2D eigenvalue weighted by Gasteiger charge is -2.28. The molecule has 0 aromatic carbocycles. The van der Waals surface area contributed by atoms with Crippen LogP contribution < -0.4 is 5.32 Å². The summed E-state index contributed by atoms with van der Waals surface area (Å²) in [5, 5.41) is 3.55. The lowest BCUT2D eigenvalue weighted by Crippen LogP contribution is -2.39. The lowest BCUT2D eigenvalue weighted by atomic mass is 9.86. The summed E-state index contributed by atoms with van der Waals surface area (Å²) in [5.41, 5.74) is 0. The Labute approximate surface area is 93.8 Å². The molecule has 0 radical (unpaired) electrons. The van der Waals surface area contributed by atoms with E-state index in [1.54, 1.807) is 0 Å². The lowest BCUT2D eigenvalue weighted by molar-refractivity contribution is 0.166. The van der Waals surface area contributed by atoms with E-state index in [-0.39, 0.29) is 0 Å². The van der Waals surface area contributed by atoms with Crippen molar-refractivity contribution in [3.8, 4) is 0 Å². The second-order valence-electron chi connectivity index (χ2n) is 5.29. The fourth-order valence-corrected chi connectivity index (χ4v) is 3.50. The van der Waals surface area contributed by atoms with Crippen LogP contribution in [0.5, 0.6) is 0 Å². The van der Waals surface area contributed by atoms with Gasteiger partial charge >= 0.3 is 0 Å². The molecule has 1 aliphatic carbocycles. The molecule has 1 aliphatic heterocycles. The third-order valence-electron chi connectivity index (χ3n) is 4.47. The van der Waals surface area contributed by atoms with Crippen LogP contribution in [0.2, 0.25) is 0 Å². The number of hydrogen-bond donors (Lipinski definition) is 1. The highest BCUT2D eigenvalue weighted by molar-refractivity contribution is 4.89. The van der Waals surface area contributed by atoms with E-state index in [2.05, 4.69) is 19.3 Å². The molecule has 1 N–H and O–H groups in total. The van der Waals surface area contributed by atoms with Crippen LogP contribution in [-0.4, -0.2) is 26.3 Å². The molecule has 2 heteroatoms. The van der Waals surface area contributed by atoms with Crippen LogP contribution in [0.3, 0.4) is 0 Å². The zero-order valence-electron chi connectivity index (χ0n) is 10.2. The summed E-state index contributed by atoms with van der Waals surface area (Å²) in [7, 11) is 2.13. The Kier molecular flexibility index (Phi) is 4.04. The monoisotopic (exact) mass is 211 g/mol. The quantitative estimate of drug-likeness (QED) is 0.771. The van der Waals surface area contributed by atoms with Gasteiger partial charge in [0.2, 0.25) is 0 Å². The van der Waals surface area contributed by atoms with Crippen LogP contribution in [0.25, 0.3) is 0 Å². The minimum absolute atomic E-state index is 0.712. The Balaban J connectivity index is 1.89. The van der Waals surface area contributed by atoms with E-state index in [0.29, 0.717) is 6.04 Å². The molecule has 2 aliphatic rings. The number of hydrogen-bond acceptors (Lipinski definition) is 2. The van der Waals surface area contributed by atoms with Crippen molar-refractivity contribution in [2.75, 3.05) is 20.3 Å². The highest BCUT2D eigenvalue weighted by atomic mass is 16.5. The molecule has 2 fully saturated rings. The Bertz CT molecular complexity index is 189. The van der Waals surface area contributed by atoms with Crippen molar-refractivity contribution < 1.29 is 4.74 Å². The van der Waals surface area contributed by atoms with Crippen molar-refractivity contribution in [1.29, 1.82) is 0 Å². The molecule has 4 atom stereocenters. The molecule has 0 aromatic rings. The van der Waals surface area contributed by atoms with Crippen LogP contribution in [-0.2, 0) is 4.74 Å². The summed E-state index contributed by atoms with van der Waals surface area (Å²) < 4.78 is 5.51. The minimum Gasteiger partial charge on any atom is -0.381 e. The van der Waals surface area contributed by atoms with E-state index in [0.717, 1.165) is 31.0 Å². The molecule has 0 aromatic heterocycles. The number of nitrogens with one attached hydrogen (secondary N) is 1. The largest absolute Gasteiger partial charge is 0.381 e. The highest BCUT2D eigenvalue weighted by Crippen LogP contribution is 2.38. The molecule has 1 saturated carbocycles. The van der Waals surface area contributed by atoms with Gasteiger partial charge in [-0.3, -0.25) is 0 Å². The van der Waals surface area contributed by atoms with Gasteiger partial charge in [0, 0.05) is 18.6 Å². The molecule has 0 bridgehead atoms. The Hall–Kier alpha value is -0.0800. The topological polar surface area (TPSA) is 21.3 Å². The molecule has 4 unspecified atom stereocenters. The van der Waals surface area contributed by atoms with Gasteiger partial charge in [-0.15, -0.1) is 0 Å². The van der Waals surface area contributed by atoms with E-state index >= 15 is 0 Å². The van der Waals surface area contributed by atoms with Gasteiger partial charge in [0.25, 0.3) is 0 Å². The van der Waals surface area contributed by atoms with Gasteiger partial charge in [-0.2, -0.15) is 0 Å². The molecular formula is C13H25NO. The summed E-state index contributed by atoms with van der Waals surface area (Å²) in [5.74, 6) is 2.68. The summed E-state index contributed by atoms with van der Waals surface area (Å²) in [6, 6.07) is 0.712. The molecule has 2 nitrogen and oxygen atoms in total. The van der Waals surface area contributed by atoms with Crippen molar-refractivity contribution in [3.05, 3.63) is 0 Å². The van der Waals surface area contributed by atoms with Crippen molar-refractivity contribution in [3.63, 3.8) is 0 Å². The van der Waals surface area contributed by atoms with E-state index in [9.17, 15) is 0 Å². The van der Waals surface area contributed by atoms with Crippen LogP contribution >= 0.6 is 0 Å². The second kappa shape index (κ2) is 5.31. The smallest absolute Gasteiger partial charge is 0.0510 e. The first-order valence-corrected chi connectivity index (χ1v) is 6.60. The Morgan fingerprint density at radius 3 is 2.67 bits per heavy atom. The van der Waals surface area contributed by atoms with Gasteiger partial charge in [-0.05, 0) is 38.1 Å². The van der Waals surface area contributed by atoms with Gasteiger partial charge in [-0.1, -0.05) is 19.8 Å². The number of ether oxygens (including phenoxy) is 1. The van der Waals surface area contributed by atoms with Crippen molar-refractivity contribution in [2.24, 2.45) is 17.8 Å². The fourth-order valence-electron chi connectivity index (χ4n) is 3.50. The van der Waals surface area contributed by atoms with Crippen LogP contribution in [0.1, 0.15) is 39.0 Å². The summed E-state index contributed by atoms with van der Waals surface area (Å²) in [6.45, 7) is 4.30. The standard InChI is InChI=1S/C13H25NO/c1-3-10-4-5-11(8-10)13(14-2)12-6-7-15-9-12/h10-14H,3-9H2,1-2H3. The third-order valence-corrected chi connectivity index (χ3v) is 4.47. The summed E-state index contributed by atoms with van der Waals surface area (Å²) in [6.07, 6.45) is 6.96. The molecule has 88 valence electrons. The van der Waals surface area contributed by atoms with E-state index in [1.807, 2.05) is 0 Å². The Morgan fingerprint density at radius 2 is 2.13 bits per heavy atom. The third kappa shape index (κ3) is 2.54. The molecule has 1 saturated heterocycles. The zero-order valence-corrected chi connectivity index (χ0v) is 10.2. The predicted octanol–water partition coefficient (Wildman–Crippen LogP) is 2.44. The fraction of sp³-hybridized carbons (Fsp3) is 1.00. The van der Waals surface area contributed by atoms with Gasteiger partial charge < -0.3 is 10.1 Å². The van der Waals surface area contributed by atoms with E-state index < -0.39 is 0 Å². The van der Waals surface area contributed by atoms with Crippen molar-refractivity contribution >= 4 is 0 Å². The molecule has 2 rings (SSSR count). The van der Waals surface area contributed by atoms with Crippen molar-refractivity contribution in [2.45, 2.75) is 45.1 Å². The van der Waals surface area contributed by atoms with Gasteiger partial charge in [0.15, 0.2) is 0 Å². The Morgan fingerprint density at radius 1 is 1.27 bits per heavy atom. The number of rotatable bonds is 4. The van der Waals surface area contributed by atoms with Gasteiger partial charge in [0.05, 0.1) is 6.61 Å². The van der Waals surface area contributed by atoms with Crippen molar-refractivity contribution in [1.82, 2.24) is 5.32 Å². The highest BCUT2D eigenvalue weighted by Gasteiger charge is 2.35. The molecule has 0 amide bonds. The molecule has 0 spiro atoms. The molecular weight excluding hydrogens is 186 g/mol. The minimum atomic E-state index is 0.712. The molecule has 1 heterocycles. The maximum atomic E-state index is 5.51. The predicted molar refractivity (Wildman–Crippen MR) is 62.9 cm³/mol. The average Bonchev–Trinajstić information content (AvgIpc) is 2.89. The average molecular weight is 211 g/mol. The first kappa shape index (κ1) is 11.4. The molecule has 15 heavy (non-hydrogen) atoms.